The van der Waals surface area contributed by atoms with Crippen LogP contribution < -0.4 is 0 Å². The summed E-state index contributed by atoms with van der Waals surface area (Å²) in [6.07, 6.45) is 4.71. The SMILES string of the molecule is Clc1ccc(CCC2(C3(Sc4ccccc4)CC3)CO2)cc1. The Bertz CT molecular complexity index is 645. The Balaban J connectivity index is 1.44. The highest BCUT2D eigenvalue weighted by atomic mass is 35.5. The average molecular weight is 331 g/mol. The number of hydrogen-bond acceptors (Lipinski definition) is 2. The van der Waals surface area contributed by atoms with Crippen LogP contribution in [0.2, 0.25) is 5.02 Å². The number of epoxide rings is 1. The van der Waals surface area contributed by atoms with Crippen molar-refractivity contribution >= 4 is 23.4 Å². The molecule has 0 N–H and O–H groups in total. The molecule has 0 amide bonds. The van der Waals surface area contributed by atoms with Crippen molar-refractivity contribution in [3.8, 4) is 0 Å². The first kappa shape index (κ1) is 14.6. The molecule has 2 fully saturated rings. The summed E-state index contributed by atoms with van der Waals surface area (Å²) in [5.74, 6) is 0. The highest BCUT2D eigenvalue weighted by Gasteiger charge is 2.67. The summed E-state index contributed by atoms with van der Waals surface area (Å²) < 4.78 is 6.30. The van der Waals surface area contributed by atoms with Crippen molar-refractivity contribution in [3.63, 3.8) is 0 Å². The van der Waals surface area contributed by atoms with E-state index in [1.807, 2.05) is 23.9 Å². The van der Waals surface area contributed by atoms with Crippen LogP contribution in [0.25, 0.3) is 0 Å². The van der Waals surface area contributed by atoms with Gasteiger partial charge >= 0.3 is 0 Å². The Hall–Kier alpha value is -0.960. The number of aryl methyl sites for hydroxylation is 1. The van der Waals surface area contributed by atoms with Gasteiger partial charge < -0.3 is 4.74 Å². The van der Waals surface area contributed by atoms with E-state index in [2.05, 4.69) is 42.5 Å². The Morgan fingerprint density at radius 3 is 2.27 bits per heavy atom. The van der Waals surface area contributed by atoms with Crippen LogP contribution in [0, 0.1) is 0 Å². The zero-order valence-corrected chi connectivity index (χ0v) is 14.0. The van der Waals surface area contributed by atoms with E-state index >= 15 is 0 Å². The Kier molecular flexibility index (Phi) is 3.72. The second-order valence-electron chi connectivity index (χ2n) is 6.32. The first-order valence-corrected chi connectivity index (χ1v) is 9.03. The fraction of sp³-hybridized carbons (Fsp3) is 0.368. The maximum absolute atomic E-state index is 5.99. The number of halogens is 1. The molecule has 2 aliphatic rings. The molecule has 0 bridgehead atoms. The van der Waals surface area contributed by atoms with Crippen LogP contribution in [-0.2, 0) is 11.2 Å². The lowest BCUT2D eigenvalue weighted by Gasteiger charge is -2.23. The van der Waals surface area contributed by atoms with Gasteiger partial charge in [-0.05, 0) is 55.5 Å². The molecule has 1 saturated heterocycles. The molecule has 2 aromatic rings. The van der Waals surface area contributed by atoms with Crippen molar-refractivity contribution in [1.82, 2.24) is 0 Å². The summed E-state index contributed by atoms with van der Waals surface area (Å²) in [5, 5.41) is 0.805. The van der Waals surface area contributed by atoms with Gasteiger partial charge in [0.2, 0.25) is 0 Å². The lowest BCUT2D eigenvalue weighted by molar-refractivity contribution is 0.274. The summed E-state index contributed by atoms with van der Waals surface area (Å²) in [6, 6.07) is 18.9. The van der Waals surface area contributed by atoms with Gasteiger partial charge in [-0.3, -0.25) is 0 Å². The summed E-state index contributed by atoms with van der Waals surface area (Å²) in [5.41, 5.74) is 1.44. The summed E-state index contributed by atoms with van der Waals surface area (Å²) in [7, 11) is 0. The van der Waals surface area contributed by atoms with E-state index in [0.29, 0.717) is 4.75 Å². The van der Waals surface area contributed by atoms with Gasteiger partial charge in [-0.1, -0.05) is 41.9 Å². The van der Waals surface area contributed by atoms with Crippen LogP contribution in [0.4, 0.5) is 0 Å². The molecular weight excluding hydrogens is 312 g/mol. The van der Waals surface area contributed by atoms with Crippen molar-refractivity contribution < 1.29 is 4.74 Å². The average Bonchev–Trinajstić information content (AvgIpc) is 3.44. The number of rotatable bonds is 6. The lowest BCUT2D eigenvalue weighted by Crippen LogP contribution is -2.29. The molecule has 1 heterocycles. The topological polar surface area (TPSA) is 12.5 Å². The van der Waals surface area contributed by atoms with Crippen molar-refractivity contribution in [2.75, 3.05) is 6.61 Å². The smallest absolute Gasteiger partial charge is 0.107 e. The van der Waals surface area contributed by atoms with Crippen molar-refractivity contribution in [2.24, 2.45) is 0 Å². The van der Waals surface area contributed by atoms with Gasteiger partial charge in [0.1, 0.15) is 5.60 Å². The van der Waals surface area contributed by atoms with Gasteiger partial charge in [0.15, 0.2) is 0 Å². The van der Waals surface area contributed by atoms with Crippen molar-refractivity contribution in [1.29, 1.82) is 0 Å². The molecule has 114 valence electrons. The predicted molar refractivity (Wildman–Crippen MR) is 92.7 cm³/mol. The highest BCUT2D eigenvalue weighted by Crippen LogP contribution is 2.65. The van der Waals surface area contributed by atoms with Crippen LogP contribution in [0.5, 0.6) is 0 Å². The quantitative estimate of drug-likeness (QED) is 0.660. The van der Waals surface area contributed by atoms with E-state index < -0.39 is 0 Å². The first-order valence-electron chi connectivity index (χ1n) is 7.84. The van der Waals surface area contributed by atoms with Crippen LogP contribution in [0.15, 0.2) is 59.5 Å². The number of ether oxygens (including phenoxy) is 1. The molecule has 1 atom stereocenters. The molecule has 0 spiro atoms. The van der Waals surface area contributed by atoms with E-state index in [9.17, 15) is 0 Å². The van der Waals surface area contributed by atoms with E-state index in [-0.39, 0.29) is 5.60 Å². The van der Waals surface area contributed by atoms with Gasteiger partial charge in [0, 0.05) is 9.92 Å². The maximum atomic E-state index is 5.99. The molecule has 0 radical (unpaired) electrons. The largest absolute Gasteiger partial charge is 0.368 e. The summed E-state index contributed by atoms with van der Waals surface area (Å²) in [4.78, 5) is 1.36. The third kappa shape index (κ3) is 2.80. The van der Waals surface area contributed by atoms with Crippen LogP contribution in [-0.4, -0.2) is 17.0 Å². The third-order valence-corrected chi connectivity index (χ3v) is 6.75. The molecule has 1 saturated carbocycles. The molecule has 4 rings (SSSR count). The fourth-order valence-electron chi connectivity index (χ4n) is 3.20. The number of hydrogen-bond donors (Lipinski definition) is 0. The Labute approximate surface area is 141 Å². The second-order valence-corrected chi connectivity index (χ2v) is 8.21. The van der Waals surface area contributed by atoms with Crippen LogP contribution in [0.3, 0.4) is 0 Å². The Morgan fingerprint density at radius 2 is 1.68 bits per heavy atom. The lowest BCUT2D eigenvalue weighted by atomic mass is 9.95. The minimum atomic E-state index is 0.0904. The summed E-state index contributed by atoms with van der Waals surface area (Å²) in [6.45, 7) is 0.917. The van der Waals surface area contributed by atoms with Crippen molar-refractivity contribution in [3.05, 3.63) is 65.2 Å². The zero-order chi connectivity index (χ0) is 15.0. The van der Waals surface area contributed by atoms with E-state index in [1.54, 1.807) is 0 Å². The van der Waals surface area contributed by atoms with E-state index in [4.69, 9.17) is 16.3 Å². The molecular formula is C19H19ClOS. The molecule has 3 heteroatoms. The van der Waals surface area contributed by atoms with Gasteiger partial charge in [0.25, 0.3) is 0 Å². The van der Waals surface area contributed by atoms with E-state index in [0.717, 1.165) is 24.5 Å². The van der Waals surface area contributed by atoms with E-state index in [1.165, 1.54) is 23.3 Å². The predicted octanol–water partition coefficient (Wildman–Crippen LogP) is 5.37. The van der Waals surface area contributed by atoms with Crippen molar-refractivity contribution in [2.45, 2.75) is 40.9 Å². The van der Waals surface area contributed by atoms with Gasteiger partial charge in [0.05, 0.1) is 11.4 Å². The Morgan fingerprint density at radius 1 is 1.00 bits per heavy atom. The molecule has 1 aliphatic heterocycles. The zero-order valence-electron chi connectivity index (χ0n) is 12.4. The minimum Gasteiger partial charge on any atom is -0.368 e. The third-order valence-electron chi connectivity index (χ3n) is 4.81. The first-order chi connectivity index (χ1) is 10.7. The normalized spacial score (nSPS) is 25.0. The molecule has 2 aromatic carbocycles. The number of thioether (sulfide) groups is 1. The van der Waals surface area contributed by atoms with Gasteiger partial charge in [-0.25, -0.2) is 0 Å². The molecule has 0 aromatic heterocycles. The van der Waals surface area contributed by atoms with Crippen LogP contribution >= 0.6 is 23.4 Å². The molecule has 1 unspecified atom stereocenters. The van der Waals surface area contributed by atoms with Gasteiger partial charge in [-0.2, -0.15) is 0 Å². The monoisotopic (exact) mass is 330 g/mol. The second kappa shape index (κ2) is 5.59. The number of benzene rings is 2. The standard InChI is InChI=1S/C19H19ClOS/c20-16-8-6-15(7-9-16)10-11-18(14-21-18)19(12-13-19)22-17-4-2-1-3-5-17/h1-9H,10-14H2. The maximum Gasteiger partial charge on any atom is 0.107 e. The van der Waals surface area contributed by atoms with Crippen LogP contribution in [0.1, 0.15) is 24.8 Å². The summed E-state index contributed by atoms with van der Waals surface area (Å²) >= 11 is 7.98. The van der Waals surface area contributed by atoms with Gasteiger partial charge in [-0.15, -0.1) is 11.8 Å². The highest BCUT2D eigenvalue weighted by molar-refractivity contribution is 8.01. The molecule has 1 aliphatic carbocycles. The molecule has 22 heavy (non-hydrogen) atoms. The fourth-order valence-corrected chi connectivity index (χ4v) is 4.78. The molecule has 1 nitrogen and oxygen atoms in total. The minimum absolute atomic E-state index is 0.0904.